The smallest absolute Gasteiger partial charge is 0.254 e. The van der Waals surface area contributed by atoms with Crippen molar-refractivity contribution in [2.75, 3.05) is 13.7 Å². The van der Waals surface area contributed by atoms with Crippen LogP contribution in [0, 0.1) is 5.92 Å². The van der Waals surface area contributed by atoms with Crippen molar-refractivity contribution in [3.05, 3.63) is 82.9 Å². The Kier molecular flexibility index (Phi) is 5.86. The number of benzene rings is 2. The number of nitrogens with zero attached hydrogens (tertiary/aromatic N) is 3. The maximum absolute atomic E-state index is 13.2. The molecular weight excluding hydrogens is 386 g/mol. The van der Waals surface area contributed by atoms with Gasteiger partial charge in [-0.3, -0.25) is 4.79 Å². The number of hydrogen-bond donors (Lipinski definition) is 0. The van der Waals surface area contributed by atoms with E-state index in [1.54, 1.807) is 19.4 Å². The third-order valence-corrected chi connectivity index (χ3v) is 5.58. The molecule has 1 heterocycles. The van der Waals surface area contributed by atoms with Crippen LogP contribution in [0.3, 0.4) is 0 Å². The highest BCUT2D eigenvalue weighted by Gasteiger charge is 2.28. The number of aromatic nitrogens is 2. The lowest BCUT2D eigenvalue weighted by atomic mass is 10.1. The van der Waals surface area contributed by atoms with Gasteiger partial charge in [0, 0.05) is 29.5 Å². The number of imidazole rings is 1. The van der Waals surface area contributed by atoms with Gasteiger partial charge in [0.25, 0.3) is 5.91 Å². The Labute approximate surface area is 175 Å². The summed E-state index contributed by atoms with van der Waals surface area (Å²) in [7, 11) is 1.61. The van der Waals surface area contributed by atoms with Crippen LogP contribution in [0.15, 0.2) is 60.9 Å². The second-order valence-electron chi connectivity index (χ2n) is 7.42. The van der Waals surface area contributed by atoms with E-state index in [2.05, 4.69) is 9.55 Å². The van der Waals surface area contributed by atoms with Crippen molar-refractivity contribution in [2.24, 2.45) is 5.92 Å². The Morgan fingerprint density at radius 1 is 1.24 bits per heavy atom. The number of amides is 1. The molecule has 4 rings (SSSR count). The van der Waals surface area contributed by atoms with E-state index in [9.17, 15) is 4.79 Å². The maximum Gasteiger partial charge on any atom is 0.254 e. The summed E-state index contributed by atoms with van der Waals surface area (Å²) < 4.78 is 7.34. The predicted octanol–water partition coefficient (Wildman–Crippen LogP) is 4.65. The first-order valence-electron chi connectivity index (χ1n) is 9.81. The summed E-state index contributed by atoms with van der Waals surface area (Å²) in [5, 5.41) is 0.731. The largest absolute Gasteiger partial charge is 0.497 e. The Morgan fingerprint density at radius 3 is 2.83 bits per heavy atom. The summed E-state index contributed by atoms with van der Waals surface area (Å²) in [6, 6.07) is 15.1. The molecule has 0 aliphatic heterocycles. The van der Waals surface area contributed by atoms with Gasteiger partial charge in [0.2, 0.25) is 0 Å². The monoisotopic (exact) mass is 409 g/mol. The van der Waals surface area contributed by atoms with Crippen LogP contribution in [0.5, 0.6) is 5.75 Å². The van der Waals surface area contributed by atoms with Crippen LogP contribution in [0.4, 0.5) is 0 Å². The lowest BCUT2D eigenvalue weighted by molar-refractivity contribution is 0.0728. The first-order chi connectivity index (χ1) is 14.1. The van der Waals surface area contributed by atoms with Gasteiger partial charge in [-0.15, -0.1) is 0 Å². The minimum Gasteiger partial charge on any atom is -0.497 e. The van der Waals surface area contributed by atoms with Gasteiger partial charge in [-0.1, -0.05) is 35.9 Å². The molecule has 1 amide bonds. The van der Waals surface area contributed by atoms with Crippen molar-refractivity contribution >= 4 is 17.5 Å². The van der Waals surface area contributed by atoms with Crippen molar-refractivity contribution in [1.29, 1.82) is 0 Å². The fourth-order valence-corrected chi connectivity index (χ4v) is 3.58. The number of methoxy groups -OCH3 is 1. The molecule has 1 aliphatic rings. The molecule has 0 saturated heterocycles. The molecule has 3 aromatic rings. The van der Waals surface area contributed by atoms with E-state index in [1.165, 1.54) is 12.8 Å². The van der Waals surface area contributed by atoms with Crippen molar-refractivity contribution in [3.8, 4) is 5.75 Å². The zero-order chi connectivity index (χ0) is 20.2. The average Bonchev–Trinajstić information content (AvgIpc) is 3.46. The third-order valence-electron chi connectivity index (χ3n) is 5.21. The number of ether oxygens (including phenoxy) is 1. The highest BCUT2D eigenvalue weighted by atomic mass is 35.5. The SMILES string of the molecule is COc1cccc(C(=O)N(Cc2nccn2Cc2ccccc2Cl)CC2CC2)c1. The topological polar surface area (TPSA) is 47.4 Å². The fraction of sp³-hybridized carbons (Fsp3) is 0.304. The zero-order valence-corrected chi connectivity index (χ0v) is 17.2. The molecule has 0 unspecified atom stereocenters. The van der Waals surface area contributed by atoms with Gasteiger partial charge < -0.3 is 14.2 Å². The van der Waals surface area contributed by atoms with E-state index in [0.717, 1.165) is 23.0 Å². The van der Waals surface area contributed by atoms with Crippen LogP contribution < -0.4 is 4.74 Å². The Balaban J connectivity index is 1.55. The summed E-state index contributed by atoms with van der Waals surface area (Å²) >= 11 is 6.33. The fourth-order valence-electron chi connectivity index (χ4n) is 3.39. The molecule has 0 spiro atoms. The molecule has 2 aromatic carbocycles. The molecule has 150 valence electrons. The van der Waals surface area contributed by atoms with Crippen LogP contribution in [-0.4, -0.2) is 34.0 Å². The number of carbonyl (C=O) groups excluding carboxylic acids is 1. The molecule has 1 saturated carbocycles. The van der Waals surface area contributed by atoms with Crippen LogP contribution in [0.1, 0.15) is 34.6 Å². The van der Waals surface area contributed by atoms with Gasteiger partial charge >= 0.3 is 0 Å². The van der Waals surface area contributed by atoms with Gasteiger partial charge in [0.1, 0.15) is 11.6 Å². The zero-order valence-electron chi connectivity index (χ0n) is 16.4. The minimum absolute atomic E-state index is 0.00286. The summed E-state index contributed by atoms with van der Waals surface area (Å²) in [5.41, 5.74) is 1.66. The number of hydrogen-bond acceptors (Lipinski definition) is 3. The summed E-state index contributed by atoms with van der Waals surface area (Å²) in [5.74, 6) is 2.11. The van der Waals surface area contributed by atoms with E-state index in [1.807, 2.05) is 53.6 Å². The Bertz CT molecular complexity index is 997. The van der Waals surface area contributed by atoms with Gasteiger partial charge in [0.05, 0.1) is 20.2 Å². The van der Waals surface area contributed by atoms with Crippen molar-refractivity contribution in [2.45, 2.75) is 25.9 Å². The summed E-state index contributed by atoms with van der Waals surface area (Å²) in [6.45, 7) is 1.83. The molecule has 1 aromatic heterocycles. The predicted molar refractivity (Wildman–Crippen MR) is 113 cm³/mol. The Hall–Kier alpha value is -2.79. The van der Waals surface area contributed by atoms with Crippen molar-refractivity contribution in [1.82, 2.24) is 14.5 Å². The van der Waals surface area contributed by atoms with Crippen LogP contribution in [0.2, 0.25) is 5.02 Å². The molecule has 1 fully saturated rings. The highest BCUT2D eigenvalue weighted by Crippen LogP contribution is 2.31. The average molecular weight is 410 g/mol. The van der Waals surface area contributed by atoms with Gasteiger partial charge in [0.15, 0.2) is 0 Å². The molecule has 0 N–H and O–H groups in total. The van der Waals surface area contributed by atoms with Gasteiger partial charge in [-0.2, -0.15) is 0 Å². The van der Waals surface area contributed by atoms with E-state index in [0.29, 0.717) is 30.3 Å². The third kappa shape index (κ3) is 4.80. The lowest BCUT2D eigenvalue weighted by Gasteiger charge is -2.23. The molecule has 29 heavy (non-hydrogen) atoms. The quantitative estimate of drug-likeness (QED) is 0.544. The maximum atomic E-state index is 13.2. The lowest BCUT2D eigenvalue weighted by Crippen LogP contribution is -2.33. The molecule has 5 nitrogen and oxygen atoms in total. The van der Waals surface area contributed by atoms with Crippen LogP contribution >= 0.6 is 11.6 Å². The second-order valence-corrected chi connectivity index (χ2v) is 7.83. The Morgan fingerprint density at radius 2 is 2.07 bits per heavy atom. The van der Waals surface area contributed by atoms with E-state index >= 15 is 0 Å². The minimum atomic E-state index is 0.00286. The summed E-state index contributed by atoms with van der Waals surface area (Å²) in [4.78, 5) is 19.7. The molecular formula is C23H24ClN3O2. The number of rotatable bonds is 8. The molecule has 6 heteroatoms. The first-order valence-corrected chi connectivity index (χ1v) is 10.2. The van der Waals surface area contributed by atoms with Crippen molar-refractivity contribution < 1.29 is 9.53 Å². The van der Waals surface area contributed by atoms with Crippen molar-refractivity contribution in [3.63, 3.8) is 0 Å². The van der Waals surface area contributed by atoms with E-state index in [-0.39, 0.29) is 5.91 Å². The summed E-state index contributed by atoms with van der Waals surface area (Å²) in [6.07, 6.45) is 6.06. The second kappa shape index (κ2) is 8.70. The van der Waals surface area contributed by atoms with Gasteiger partial charge in [-0.25, -0.2) is 4.98 Å². The molecule has 0 atom stereocenters. The normalized spacial score (nSPS) is 13.3. The standard InChI is InChI=1S/C23H24ClN3O2/c1-29-20-7-4-6-18(13-20)23(28)27(14-17-9-10-17)16-22-25-11-12-26(22)15-19-5-2-3-8-21(19)24/h2-8,11-13,17H,9-10,14-16H2,1H3. The highest BCUT2D eigenvalue weighted by molar-refractivity contribution is 6.31. The van der Waals surface area contributed by atoms with Gasteiger partial charge in [-0.05, 0) is 48.6 Å². The molecule has 0 bridgehead atoms. The van der Waals surface area contributed by atoms with Crippen LogP contribution in [-0.2, 0) is 13.1 Å². The molecule has 0 radical (unpaired) electrons. The number of halogens is 1. The van der Waals surface area contributed by atoms with Crippen LogP contribution in [0.25, 0.3) is 0 Å². The first kappa shape index (κ1) is 19.5. The van der Waals surface area contributed by atoms with E-state index < -0.39 is 0 Å². The molecule has 1 aliphatic carbocycles. The number of carbonyl (C=O) groups is 1. The van der Waals surface area contributed by atoms with E-state index in [4.69, 9.17) is 16.3 Å².